The van der Waals surface area contributed by atoms with E-state index in [1.54, 1.807) is 23.0 Å². The molecule has 0 spiro atoms. The molecule has 5 heteroatoms. The van der Waals surface area contributed by atoms with Gasteiger partial charge in [-0.15, -0.1) is 11.8 Å². The monoisotopic (exact) mass is 262 g/mol. The SMILES string of the molecule is CCSc1cccc(-n2ccnc2C)c1C(=O)O. The Morgan fingerprint density at radius 2 is 2.28 bits per heavy atom. The van der Waals surface area contributed by atoms with Crippen LogP contribution in [0.25, 0.3) is 5.69 Å². The highest BCUT2D eigenvalue weighted by Gasteiger charge is 2.17. The maximum atomic E-state index is 11.5. The van der Waals surface area contributed by atoms with Crippen LogP contribution in [0.5, 0.6) is 0 Å². The lowest BCUT2D eigenvalue weighted by atomic mass is 10.1. The summed E-state index contributed by atoms with van der Waals surface area (Å²) in [5, 5.41) is 9.42. The molecule has 1 N–H and O–H groups in total. The average Bonchev–Trinajstić information content (AvgIpc) is 2.75. The van der Waals surface area contributed by atoms with Crippen LogP contribution in [0.15, 0.2) is 35.5 Å². The largest absolute Gasteiger partial charge is 0.478 e. The van der Waals surface area contributed by atoms with Gasteiger partial charge in [-0.05, 0) is 24.8 Å². The number of carboxylic acid groups (broad SMARTS) is 1. The van der Waals surface area contributed by atoms with Gasteiger partial charge in [-0.2, -0.15) is 0 Å². The van der Waals surface area contributed by atoms with Crippen LogP contribution < -0.4 is 0 Å². The van der Waals surface area contributed by atoms with Crippen molar-refractivity contribution in [2.75, 3.05) is 5.75 Å². The molecule has 0 aliphatic carbocycles. The first-order chi connectivity index (χ1) is 8.65. The van der Waals surface area contributed by atoms with E-state index in [0.29, 0.717) is 11.3 Å². The van der Waals surface area contributed by atoms with Crippen LogP contribution in [0.4, 0.5) is 0 Å². The van der Waals surface area contributed by atoms with E-state index in [9.17, 15) is 9.90 Å². The molecule has 94 valence electrons. The van der Waals surface area contributed by atoms with Crippen LogP contribution in [-0.2, 0) is 0 Å². The van der Waals surface area contributed by atoms with Gasteiger partial charge in [-0.25, -0.2) is 9.78 Å². The van der Waals surface area contributed by atoms with Crippen molar-refractivity contribution in [3.05, 3.63) is 42.0 Å². The van der Waals surface area contributed by atoms with Crippen molar-refractivity contribution >= 4 is 17.7 Å². The molecule has 1 aromatic heterocycles. The predicted octanol–water partition coefficient (Wildman–Crippen LogP) is 2.99. The second-order valence-corrected chi connectivity index (χ2v) is 5.04. The first-order valence-electron chi connectivity index (χ1n) is 5.64. The number of aromatic carboxylic acids is 1. The maximum Gasteiger partial charge on any atom is 0.338 e. The highest BCUT2D eigenvalue weighted by Crippen LogP contribution is 2.28. The number of nitrogens with zero attached hydrogens (tertiary/aromatic N) is 2. The minimum Gasteiger partial charge on any atom is -0.478 e. The number of imidazole rings is 1. The Kier molecular flexibility index (Phi) is 3.72. The predicted molar refractivity (Wildman–Crippen MR) is 71.7 cm³/mol. The zero-order valence-corrected chi connectivity index (χ0v) is 11.1. The van der Waals surface area contributed by atoms with E-state index in [1.165, 1.54) is 11.8 Å². The topological polar surface area (TPSA) is 55.1 Å². The Balaban J connectivity index is 2.64. The molecule has 2 rings (SSSR count). The maximum absolute atomic E-state index is 11.5. The van der Waals surface area contributed by atoms with E-state index in [2.05, 4.69) is 4.98 Å². The zero-order chi connectivity index (χ0) is 13.1. The minimum atomic E-state index is -0.908. The first kappa shape index (κ1) is 12.7. The van der Waals surface area contributed by atoms with Gasteiger partial charge in [-0.3, -0.25) is 0 Å². The molecular weight excluding hydrogens is 248 g/mol. The van der Waals surface area contributed by atoms with E-state index in [4.69, 9.17) is 0 Å². The summed E-state index contributed by atoms with van der Waals surface area (Å²) < 4.78 is 1.79. The molecule has 0 aliphatic heterocycles. The van der Waals surface area contributed by atoms with Crippen molar-refractivity contribution in [2.24, 2.45) is 0 Å². The lowest BCUT2D eigenvalue weighted by Crippen LogP contribution is -2.08. The van der Waals surface area contributed by atoms with Gasteiger partial charge in [0.25, 0.3) is 0 Å². The van der Waals surface area contributed by atoms with Crippen LogP contribution in [0.2, 0.25) is 0 Å². The summed E-state index contributed by atoms with van der Waals surface area (Å²) in [5.74, 6) is 0.706. The summed E-state index contributed by atoms with van der Waals surface area (Å²) in [6, 6.07) is 5.52. The van der Waals surface area contributed by atoms with Crippen molar-refractivity contribution in [2.45, 2.75) is 18.7 Å². The number of thioether (sulfide) groups is 1. The number of rotatable bonds is 4. The van der Waals surface area contributed by atoms with E-state index in [0.717, 1.165) is 16.5 Å². The highest BCUT2D eigenvalue weighted by molar-refractivity contribution is 7.99. The fourth-order valence-electron chi connectivity index (χ4n) is 1.84. The molecule has 0 fully saturated rings. The third-order valence-corrected chi connectivity index (χ3v) is 3.54. The van der Waals surface area contributed by atoms with Gasteiger partial charge < -0.3 is 9.67 Å². The third kappa shape index (κ3) is 2.26. The number of carboxylic acids is 1. The molecule has 2 aromatic rings. The fourth-order valence-corrected chi connectivity index (χ4v) is 2.67. The zero-order valence-electron chi connectivity index (χ0n) is 10.3. The Hall–Kier alpha value is -1.75. The van der Waals surface area contributed by atoms with Gasteiger partial charge in [0.2, 0.25) is 0 Å². The molecule has 0 unspecified atom stereocenters. The molecule has 18 heavy (non-hydrogen) atoms. The van der Waals surface area contributed by atoms with Crippen LogP contribution in [-0.4, -0.2) is 26.4 Å². The second-order valence-electron chi connectivity index (χ2n) is 3.73. The Morgan fingerprint density at radius 1 is 1.50 bits per heavy atom. The summed E-state index contributed by atoms with van der Waals surface area (Å²) in [6.45, 7) is 3.86. The van der Waals surface area contributed by atoms with Gasteiger partial charge in [0.05, 0.1) is 11.3 Å². The molecule has 1 aromatic carbocycles. The van der Waals surface area contributed by atoms with Gasteiger partial charge >= 0.3 is 5.97 Å². The molecule has 0 saturated heterocycles. The van der Waals surface area contributed by atoms with Gasteiger partial charge in [0.1, 0.15) is 5.82 Å². The van der Waals surface area contributed by atoms with Crippen LogP contribution in [0.3, 0.4) is 0 Å². The number of carbonyl (C=O) groups is 1. The van der Waals surface area contributed by atoms with Gasteiger partial charge in [-0.1, -0.05) is 13.0 Å². The lowest BCUT2D eigenvalue weighted by Gasteiger charge is -2.12. The number of aromatic nitrogens is 2. The van der Waals surface area contributed by atoms with E-state index in [1.807, 2.05) is 26.0 Å². The van der Waals surface area contributed by atoms with Crippen LogP contribution >= 0.6 is 11.8 Å². The Labute approximate surface area is 110 Å². The van der Waals surface area contributed by atoms with Crippen molar-refractivity contribution < 1.29 is 9.90 Å². The van der Waals surface area contributed by atoms with Crippen molar-refractivity contribution in [3.63, 3.8) is 0 Å². The third-order valence-electron chi connectivity index (χ3n) is 2.60. The quantitative estimate of drug-likeness (QED) is 0.861. The van der Waals surface area contributed by atoms with Crippen molar-refractivity contribution in [1.82, 2.24) is 9.55 Å². The average molecular weight is 262 g/mol. The highest BCUT2D eigenvalue weighted by atomic mass is 32.2. The Bertz CT molecular complexity index is 578. The molecule has 1 heterocycles. The summed E-state index contributed by atoms with van der Waals surface area (Å²) in [6.07, 6.45) is 3.44. The molecule has 0 aliphatic rings. The molecule has 0 bridgehead atoms. The normalized spacial score (nSPS) is 10.6. The molecule has 0 radical (unpaired) electrons. The molecule has 0 saturated carbocycles. The van der Waals surface area contributed by atoms with E-state index in [-0.39, 0.29) is 0 Å². The van der Waals surface area contributed by atoms with Gasteiger partial charge in [0.15, 0.2) is 0 Å². The molecular formula is C13H14N2O2S. The minimum absolute atomic E-state index is 0.338. The number of hydrogen-bond donors (Lipinski definition) is 1. The molecule has 0 atom stereocenters. The number of aryl methyl sites for hydroxylation is 1. The van der Waals surface area contributed by atoms with Crippen molar-refractivity contribution in [3.8, 4) is 5.69 Å². The molecule has 4 nitrogen and oxygen atoms in total. The molecule has 0 amide bonds. The van der Waals surface area contributed by atoms with E-state index >= 15 is 0 Å². The van der Waals surface area contributed by atoms with E-state index < -0.39 is 5.97 Å². The summed E-state index contributed by atoms with van der Waals surface area (Å²) >= 11 is 1.53. The summed E-state index contributed by atoms with van der Waals surface area (Å²) in [5.41, 5.74) is 1.00. The van der Waals surface area contributed by atoms with Crippen molar-refractivity contribution in [1.29, 1.82) is 0 Å². The summed E-state index contributed by atoms with van der Waals surface area (Å²) in [7, 11) is 0. The second kappa shape index (κ2) is 5.27. The van der Waals surface area contributed by atoms with Crippen LogP contribution in [0, 0.1) is 6.92 Å². The fraction of sp³-hybridized carbons (Fsp3) is 0.231. The van der Waals surface area contributed by atoms with Gasteiger partial charge in [0, 0.05) is 17.3 Å². The smallest absolute Gasteiger partial charge is 0.338 e. The first-order valence-corrected chi connectivity index (χ1v) is 6.63. The van der Waals surface area contributed by atoms with Crippen LogP contribution in [0.1, 0.15) is 23.1 Å². The summed E-state index contributed by atoms with van der Waals surface area (Å²) in [4.78, 5) is 16.4. The Morgan fingerprint density at radius 3 is 2.83 bits per heavy atom. The number of benzene rings is 1. The standard InChI is InChI=1S/C13H14N2O2S/c1-3-18-11-6-4-5-10(12(11)13(16)17)15-8-7-14-9(15)2/h4-8H,3H2,1-2H3,(H,16,17). The lowest BCUT2D eigenvalue weighted by molar-refractivity contribution is 0.0693. The number of hydrogen-bond acceptors (Lipinski definition) is 3.